The Morgan fingerprint density at radius 1 is 0.245 bits per heavy atom. The van der Waals surface area contributed by atoms with Crippen molar-refractivity contribution < 1.29 is 81.5 Å². The standard InChI is InChI=1S/C86H102IN35O17/c1-46(123)93-47-27-57(113(5)34-47)78(131)96-50-31-58(114(6)37-50)79(132)95-49-29-55(111(3)36-49)76(129)90-24-19-68(126)101-62-42-118(10)71(103-62)83(136)98-52-32-59(115(7)39-52)80(133)94-48-28-54(110(2)35-48)75(128)89-21-15-17-67(125)100-61-41-120(12)74(105-61)86(139)109-65-45-121(13)73(107-65)85(138)97-51-30-56(112(4)38-51)77(130)91-25-20-69(127)102-63-43-119(11)72(104-63)84(137)99-53-33-60(116(8)40-53)81(134)108-64-44-117(9)70(106-64)82(135)92-23-18-66(124)88-22-16-26-122(14)87/h27-45H,15-26H2,1-14H3,(H,88,124)(H,89,128)(H,90,129)(H,91,130)(H,92,135)(H,93,123)(H,94,133)(H,95,132)(H,96,131)(H,97,138)(H,98,136)(H,99,137)(H,100,125)(H,101,126)(H,102,127)(H,108,134)(H,109,139). The van der Waals surface area contributed by atoms with Crippen molar-refractivity contribution in [3.8, 4) is 0 Å². The molecule has 12 aromatic rings. The summed E-state index contributed by atoms with van der Waals surface area (Å²) in [4.78, 5) is 245. The number of carbonyl (C=O) groups excluding carboxylic acids is 17. The van der Waals surface area contributed by atoms with Gasteiger partial charge in [-0.15, -0.1) is 0 Å². The minimum Gasteiger partial charge on any atom is -0.356 e. The number of imidazole rings is 5. The van der Waals surface area contributed by atoms with Crippen LogP contribution in [0.1, 0.15) is 172 Å². The van der Waals surface area contributed by atoms with E-state index >= 15 is 0 Å². The minimum atomic E-state index is -0.740. The summed E-state index contributed by atoms with van der Waals surface area (Å²) in [6.45, 7) is 2.57. The number of amides is 17. The number of aromatic nitrogens is 17. The Morgan fingerprint density at radius 2 is 0.468 bits per heavy atom. The Morgan fingerprint density at radius 3 is 0.770 bits per heavy atom. The highest BCUT2D eigenvalue weighted by molar-refractivity contribution is 14.1. The number of halogens is 1. The van der Waals surface area contributed by atoms with Gasteiger partial charge in [0.05, 0.1) is 39.8 Å². The molecule has 0 aliphatic carbocycles. The molecule has 0 fully saturated rings. The van der Waals surface area contributed by atoms with E-state index in [9.17, 15) is 81.5 Å². The third-order valence-corrected chi connectivity index (χ3v) is 21.4. The third kappa shape index (κ3) is 26.2. The van der Waals surface area contributed by atoms with Crippen molar-refractivity contribution in [2.45, 2.75) is 45.4 Å². The van der Waals surface area contributed by atoms with E-state index in [-0.39, 0.29) is 191 Å². The lowest BCUT2D eigenvalue weighted by Crippen LogP contribution is -2.32. The van der Waals surface area contributed by atoms with E-state index in [1.54, 1.807) is 73.3 Å². The lowest BCUT2D eigenvalue weighted by Gasteiger charge is -2.08. The summed E-state index contributed by atoms with van der Waals surface area (Å²) in [5.74, 6) is -9.58. The molecule has 53 heteroatoms. The number of rotatable bonds is 41. The average Bonchev–Trinajstić information content (AvgIpc) is 1.68. The van der Waals surface area contributed by atoms with Gasteiger partial charge in [0.15, 0.2) is 29.1 Å². The number of carbonyl (C=O) groups is 17. The van der Waals surface area contributed by atoms with Crippen LogP contribution in [0.2, 0.25) is 0 Å². The van der Waals surface area contributed by atoms with Crippen molar-refractivity contribution in [2.75, 3.05) is 110 Å². The van der Waals surface area contributed by atoms with E-state index in [2.05, 4.69) is 138 Å². The first-order valence-corrected chi connectivity index (χ1v) is 43.7. The van der Waals surface area contributed by atoms with Crippen LogP contribution < -0.4 is 90.4 Å². The van der Waals surface area contributed by atoms with Crippen LogP contribution in [-0.2, 0) is 109 Å². The largest absolute Gasteiger partial charge is 0.356 e. The zero-order valence-corrected chi connectivity index (χ0v) is 80.0. The number of aryl methyl sites for hydroxylation is 12. The fraction of sp³-hybridized carbons (Fsp3) is 0.302. The Hall–Kier alpha value is -17.3. The maximum Gasteiger partial charge on any atom is 0.292 e. The van der Waals surface area contributed by atoms with Gasteiger partial charge in [-0.2, -0.15) is 0 Å². The molecule has 17 amide bonds. The van der Waals surface area contributed by atoms with Crippen LogP contribution in [0.15, 0.2) is 117 Å². The van der Waals surface area contributed by atoms with E-state index in [4.69, 9.17) is 0 Å². The quantitative estimate of drug-likeness (QED) is 0.0148. The van der Waals surface area contributed by atoms with Crippen molar-refractivity contribution in [3.63, 3.8) is 0 Å². The van der Waals surface area contributed by atoms with Gasteiger partial charge in [-0.1, -0.05) is 0 Å². The van der Waals surface area contributed by atoms with Crippen LogP contribution in [0.3, 0.4) is 0 Å². The lowest BCUT2D eigenvalue weighted by molar-refractivity contribution is -0.121. The number of hydrogen-bond donors (Lipinski definition) is 17. The second-order valence-electron chi connectivity index (χ2n) is 32.2. The molecule has 0 aromatic carbocycles. The van der Waals surface area contributed by atoms with Gasteiger partial charge in [0.25, 0.3) is 70.9 Å². The summed E-state index contributed by atoms with van der Waals surface area (Å²) >= 11 is 2.16. The molecule has 52 nitrogen and oxygen atoms in total. The van der Waals surface area contributed by atoms with E-state index in [0.717, 1.165) is 13.0 Å². The van der Waals surface area contributed by atoms with E-state index in [0.29, 0.717) is 23.6 Å². The molecule has 12 rings (SSSR count). The predicted octanol–water partition coefficient (Wildman–Crippen LogP) is 3.27. The van der Waals surface area contributed by atoms with Crippen molar-refractivity contribution in [3.05, 3.63) is 186 Å². The lowest BCUT2D eigenvalue weighted by atomic mass is 10.3. The molecule has 12 heterocycles. The Labute approximate surface area is 804 Å². The summed E-state index contributed by atoms with van der Waals surface area (Å²) in [6, 6.07) is 10.1. The molecule has 0 bridgehead atoms. The maximum absolute atomic E-state index is 13.6. The monoisotopic (exact) mass is 2020 g/mol. The first-order valence-electron chi connectivity index (χ1n) is 42.7. The minimum absolute atomic E-state index is 0.00477. The first kappa shape index (κ1) is 101. The van der Waals surface area contributed by atoms with Crippen LogP contribution in [0.4, 0.5) is 68.9 Å². The molecule has 0 aliphatic rings. The molecule has 0 atom stereocenters. The average molecular weight is 2020 g/mol. The Bertz CT molecular complexity index is 6830. The van der Waals surface area contributed by atoms with Gasteiger partial charge < -0.3 is 145 Å². The molecule has 0 spiro atoms. The van der Waals surface area contributed by atoms with Gasteiger partial charge in [0, 0.05) is 254 Å². The van der Waals surface area contributed by atoms with Gasteiger partial charge in [0.2, 0.25) is 58.7 Å². The maximum atomic E-state index is 13.6. The molecule has 139 heavy (non-hydrogen) atoms. The normalized spacial score (nSPS) is 11.0. The van der Waals surface area contributed by atoms with E-state index in [1.165, 1.54) is 190 Å². The summed E-state index contributed by atoms with van der Waals surface area (Å²) in [5.41, 5.74) is 3.14. The molecule has 0 saturated heterocycles. The van der Waals surface area contributed by atoms with E-state index in [1.807, 2.05) is 10.2 Å². The molecule has 0 saturated carbocycles. The predicted molar refractivity (Wildman–Crippen MR) is 514 cm³/mol. The zero-order chi connectivity index (χ0) is 101. The summed E-state index contributed by atoms with van der Waals surface area (Å²) in [7, 11) is 20.8. The molecular weight excluding hydrogens is 1920 g/mol. The second kappa shape index (κ2) is 44.2. The fourth-order valence-corrected chi connectivity index (χ4v) is 14.6. The summed E-state index contributed by atoms with van der Waals surface area (Å²) < 4.78 is 19.3. The van der Waals surface area contributed by atoms with Crippen molar-refractivity contribution in [2.24, 2.45) is 84.6 Å². The molecule has 17 N–H and O–H groups in total. The van der Waals surface area contributed by atoms with Crippen LogP contribution in [-0.4, -0.2) is 230 Å². The van der Waals surface area contributed by atoms with Gasteiger partial charge in [-0.05, 0) is 62.4 Å². The van der Waals surface area contributed by atoms with Crippen molar-refractivity contribution in [1.82, 2.24) is 109 Å². The molecule has 12 aromatic heterocycles. The summed E-state index contributed by atoms with van der Waals surface area (Å²) in [5, 5.41) is 45.6. The Balaban J connectivity index is 0.517. The zero-order valence-electron chi connectivity index (χ0n) is 77.8. The van der Waals surface area contributed by atoms with Crippen LogP contribution in [0.5, 0.6) is 0 Å². The highest BCUT2D eigenvalue weighted by Gasteiger charge is 2.29. The van der Waals surface area contributed by atoms with Crippen LogP contribution in [0.25, 0.3) is 0 Å². The number of nitrogens with one attached hydrogen (secondary N) is 17. The van der Waals surface area contributed by atoms with Crippen LogP contribution >= 0.6 is 22.9 Å². The summed E-state index contributed by atoms with van der Waals surface area (Å²) in [6.07, 6.45) is 18.3. The molecule has 0 unspecified atom stereocenters. The topological polar surface area (TPSA) is 622 Å². The van der Waals surface area contributed by atoms with Crippen molar-refractivity contribution in [1.29, 1.82) is 0 Å². The number of nitrogens with zero attached hydrogens (tertiary/aromatic N) is 18. The highest BCUT2D eigenvalue weighted by Crippen LogP contribution is 2.26. The van der Waals surface area contributed by atoms with Gasteiger partial charge >= 0.3 is 0 Å². The van der Waals surface area contributed by atoms with Gasteiger partial charge in [0.1, 0.15) is 39.9 Å². The number of anilines is 12. The molecular formula is C86H102IN35O17. The van der Waals surface area contributed by atoms with Gasteiger partial charge in [-0.25, -0.2) is 24.9 Å². The molecule has 0 aliphatic heterocycles. The smallest absolute Gasteiger partial charge is 0.292 e. The molecule has 0 radical (unpaired) electrons. The van der Waals surface area contributed by atoms with Gasteiger partial charge in [-0.3, -0.25) is 84.6 Å². The highest BCUT2D eigenvalue weighted by atomic mass is 127. The van der Waals surface area contributed by atoms with Crippen molar-refractivity contribution >= 4 is 192 Å². The second-order valence-corrected chi connectivity index (χ2v) is 33.9. The molecule has 730 valence electrons. The SMILES string of the molecule is CC(=O)Nc1cc(C(=O)Nc2cc(C(=O)Nc3cc(C(=O)NCCC(=O)Nc4cn(C)c(C(=O)Nc5cc(C(=O)Nc6cc(C(=O)NCCCC(=O)Nc7cn(C)c(C(=O)Nc8cn(C)c(C(=O)Nc9cc(C(=O)NCCC(=O)Nc%10cn(C)c(C(=O)Nc%11cc(C(=O)Nc%12cn(C)c(C(=O)NCCC(=O)NCCCN(C)I)n%12)n(C)c%11)n%10)n(C)c9)n8)n7)n(C)c6)n(C)c5)n4)n(C)c3)n(C)c2)n(C)c1. The number of hydrogen-bond acceptors (Lipinski definition) is 23. The first-order chi connectivity index (χ1) is 66.0. The van der Waals surface area contributed by atoms with E-state index < -0.39 is 88.6 Å². The van der Waals surface area contributed by atoms with Crippen LogP contribution in [0, 0.1) is 0 Å². The fourth-order valence-electron chi connectivity index (χ4n) is 14.3. The Kier molecular flexibility index (Phi) is 32.0. The third-order valence-electron chi connectivity index (χ3n) is 21.0.